The van der Waals surface area contributed by atoms with Crippen LogP contribution in [0, 0.1) is 0 Å². The molecule has 0 unspecified atom stereocenters. The first-order chi connectivity index (χ1) is 10.1. The molecule has 2 aromatic rings. The lowest BCUT2D eigenvalue weighted by Crippen LogP contribution is -2.23. The lowest BCUT2D eigenvalue weighted by Gasteiger charge is -2.18. The van der Waals surface area contributed by atoms with Crippen LogP contribution < -0.4 is 10.1 Å². The molecule has 0 bridgehead atoms. The normalized spacial score (nSPS) is 13.4. The fourth-order valence-electron chi connectivity index (χ4n) is 2.27. The van der Waals surface area contributed by atoms with E-state index < -0.39 is 0 Å². The average molecular weight is 283 g/mol. The van der Waals surface area contributed by atoms with Crippen molar-refractivity contribution in [3.05, 3.63) is 47.7 Å². The molecular weight excluding hydrogens is 266 g/mol. The largest absolute Gasteiger partial charge is 0.488 e. The first-order valence-electron chi connectivity index (χ1n) is 6.92. The molecule has 2 heterocycles. The van der Waals surface area contributed by atoms with Crippen molar-refractivity contribution >= 4 is 17.8 Å². The Morgan fingerprint density at radius 2 is 2.14 bits per heavy atom. The molecule has 0 aliphatic carbocycles. The summed E-state index contributed by atoms with van der Waals surface area (Å²) in [5, 5.41) is 7.09. The van der Waals surface area contributed by atoms with Gasteiger partial charge >= 0.3 is 0 Å². The lowest BCUT2D eigenvalue weighted by atomic mass is 10.1. The zero-order chi connectivity index (χ0) is 14.8. The number of hydrogen-bond donors (Lipinski definition) is 1. The minimum atomic E-state index is -0.160. The molecule has 0 spiro atoms. The van der Waals surface area contributed by atoms with Crippen molar-refractivity contribution in [1.82, 2.24) is 9.78 Å². The Balaban J connectivity index is 1.81. The summed E-state index contributed by atoms with van der Waals surface area (Å²) in [5.74, 6) is 1.34. The number of hydrogen-bond acceptors (Lipinski definition) is 3. The maximum absolute atomic E-state index is 12.3. The second-order valence-electron chi connectivity index (χ2n) is 5.20. The third-order valence-electron chi connectivity index (χ3n) is 3.32. The van der Waals surface area contributed by atoms with E-state index in [-0.39, 0.29) is 18.6 Å². The summed E-state index contributed by atoms with van der Waals surface area (Å²) in [6.45, 7) is 4.31. The van der Waals surface area contributed by atoms with Crippen LogP contribution in [0.15, 0.2) is 42.1 Å². The highest BCUT2D eigenvalue weighted by Gasteiger charge is 2.18. The van der Waals surface area contributed by atoms with Crippen LogP contribution in [0.5, 0.6) is 5.75 Å². The predicted molar refractivity (Wildman–Crippen MR) is 81.2 cm³/mol. The number of carbonyl (C=O) groups excluding carboxylic acids is 1. The van der Waals surface area contributed by atoms with Gasteiger partial charge in [-0.25, -0.2) is 4.68 Å². The maximum Gasteiger partial charge on any atom is 0.256 e. The molecule has 1 N–H and O–H groups in total. The van der Waals surface area contributed by atoms with Gasteiger partial charge in [-0.3, -0.25) is 4.79 Å². The van der Waals surface area contributed by atoms with Crippen LogP contribution in [-0.2, 0) is 4.79 Å². The van der Waals surface area contributed by atoms with Crippen LogP contribution in [0.2, 0.25) is 0 Å². The Hall–Kier alpha value is -2.56. The highest BCUT2D eigenvalue weighted by Crippen LogP contribution is 2.26. The predicted octanol–water partition coefficient (Wildman–Crippen LogP) is 2.88. The highest BCUT2D eigenvalue weighted by molar-refractivity contribution is 6.07. The van der Waals surface area contributed by atoms with Crippen molar-refractivity contribution in [2.45, 2.75) is 19.9 Å². The molecule has 0 saturated carbocycles. The van der Waals surface area contributed by atoms with E-state index in [9.17, 15) is 4.79 Å². The van der Waals surface area contributed by atoms with E-state index in [1.54, 1.807) is 16.9 Å². The van der Waals surface area contributed by atoms with E-state index in [0.717, 1.165) is 11.3 Å². The summed E-state index contributed by atoms with van der Waals surface area (Å²) in [6.07, 6.45) is 3.54. The van der Waals surface area contributed by atoms with Gasteiger partial charge in [0.05, 0.1) is 11.8 Å². The molecule has 0 fully saturated rings. The zero-order valence-electron chi connectivity index (χ0n) is 12.0. The van der Waals surface area contributed by atoms with Gasteiger partial charge in [0, 0.05) is 17.7 Å². The summed E-state index contributed by atoms with van der Waals surface area (Å²) in [7, 11) is 0. The number of anilines is 1. The van der Waals surface area contributed by atoms with Crippen LogP contribution in [0.3, 0.4) is 0 Å². The molecule has 21 heavy (non-hydrogen) atoms. The SMILES string of the molecule is CC(C)n1nccc1NC(=O)C1=Cc2ccccc2OC1. The Bertz CT molecular complexity index is 701. The van der Waals surface area contributed by atoms with E-state index in [1.165, 1.54) is 0 Å². The summed E-state index contributed by atoms with van der Waals surface area (Å²) >= 11 is 0. The third kappa shape index (κ3) is 2.67. The summed E-state index contributed by atoms with van der Waals surface area (Å²) in [4.78, 5) is 12.3. The summed E-state index contributed by atoms with van der Waals surface area (Å²) in [6, 6.07) is 9.64. The number of carbonyl (C=O) groups is 1. The number of ether oxygens (including phenoxy) is 1. The molecule has 0 atom stereocenters. The van der Waals surface area contributed by atoms with E-state index in [1.807, 2.05) is 44.2 Å². The van der Waals surface area contributed by atoms with Crippen molar-refractivity contribution in [2.24, 2.45) is 0 Å². The first kappa shape index (κ1) is 13.4. The van der Waals surface area contributed by atoms with E-state index in [4.69, 9.17) is 4.74 Å². The van der Waals surface area contributed by atoms with Gasteiger partial charge in [-0.15, -0.1) is 0 Å². The summed E-state index contributed by atoms with van der Waals surface area (Å²) < 4.78 is 7.38. The van der Waals surface area contributed by atoms with E-state index in [0.29, 0.717) is 11.4 Å². The molecule has 3 rings (SSSR count). The number of rotatable bonds is 3. The van der Waals surface area contributed by atoms with Gasteiger partial charge in [0.25, 0.3) is 5.91 Å². The van der Waals surface area contributed by atoms with Gasteiger partial charge in [0.2, 0.25) is 0 Å². The molecule has 5 nitrogen and oxygen atoms in total. The number of benzene rings is 1. The molecule has 0 radical (unpaired) electrons. The fourth-order valence-corrected chi connectivity index (χ4v) is 2.27. The molecule has 1 aliphatic rings. The Labute approximate surface area is 123 Å². The van der Waals surface area contributed by atoms with Crippen LogP contribution in [-0.4, -0.2) is 22.3 Å². The van der Waals surface area contributed by atoms with Crippen molar-refractivity contribution < 1.29 is 9.53 Å². The smallest absolute Gasteiger partial charge is 0.256 e. The topological polar surface area (TPSA) is 56.2 Å². The Kier molecular flexibility index (Phi) is 3.48. The van der Waals surface area contributed by atoms with Gasteiger partial charge in [-0.1, -0.05) is 18.2 Å². The molecule has 5 heteroatoms. The van der Waals surface area contributed by atoms with Crippen LogP contribution >= 0.6 is 0 Å². The van der Waals surface area contributed by atoms with Crippen molar-refractivity contribution in [3.63, 3.8) is 0 Å². The van der Waals surface area contributed by atoms with Crippen molar-refractivity contribution in [1.29, 1.82) is 0 Å². The number of para-hydroxylation sites is 1. The Morgan fingerprint density at radius 3 is 2.95 bits per heavy atom. The minimum absolute atomic E-state index is 0.160. The van der Waals surface area contributed by atoms with Gasteiger partial charge in [-0.2, -0.15) is 5.10 Å². The third-order valence-corrected chi connectivity index (χ3v) is 3.32. The molecule has 108 valence electrons. The quantitative estimate of drug-likeness (QED) is 0.942. The van der Waals surface area contributed by atoms with Crippen LogP contribution in [0.4, 0.5) is 5.82 Å². The average Bonchev–Trinajstić information content (AvgIpc) is 2.95. The second-order valence-corrected chi connectivity index (χ2v) is 5.20. The van der Waals surface area contributed by atoms with E-state index in [2.05, 4.69) is 10.4 Å². The minimum Gasteiger partial charge on any atom is -0.488 e. The second kappa shape index (κ2) is 5.44. The Morgan fingerprint density at radius 1 is 1.33 bits per heavy atom. The number of amides is 1. The first-order valence-corrected chi connectivity index (χ1v) is 6.92. The molecule has 1 aromatic carbocycles. The van der Waals surface area contributed by atoms with Gasteiger partial charge in [0.1, 0.15) is 18.2 Å². The number of nitrogens with one attached hydrogen (secondary N) is 1. The van der Waals surface area contributed by atoms with Crippen molar-refractivity contribution in [2.75, 3.05) is 11.9 Å². The van der Waals surface area contributed by atoms with Crippen molar-refractivity contribution in [3.8, 4) is 5.75 Å². The van der Waals surface area contributed by atoms with Gasteiger partial charge < -0.3 is 10.1 Å². The molecule has 1 amide bonds. The van der Waals surface area contributed by atoms with Crippen LogP contribution in [0.25, 0.3) is 6.08 Å². The maximum atomic E-state index is 12.3. The monoisotopic (exact) mass is 283 g/mol. The zero-order valence-corrected chi connectivity index (χ0v) is 12.0. The molecule has 1 aliphatic heterocycles. The number of nitrogens with zero attached hydrogens (tertiary/aromatic N) is 2. The number of fused-ring (bicyclic) bond motifs is 1. The van der Waals surface area contributed by atoms with Crippen LogP contribution in [0.1, 0.15) is 25.5 Å². The molecule has 1 aromatic heterocycles. The lowest BCUT2D eigenvalue weighted by molar-refractivity contribution is -0.113. The fraction of sp³-hybridized carbons (Fsp3) is 0.250. The van der Waals surface area contributed by atoms with Gasteiger partial charge in [0.15, 0.2) is 0 Å². The molecular formula is C16H17N3O2. The standard InChI is InChI=1S/C16H17N3O2/c1-11(2)19-15(7-8-17-19)18-16(20)13-9-12-5-3-4-6-14(12)21-10-13/h3-9,11H,10H2,1-2H3,(H,18,20). The molecule has 0 saturated heterocycles. The van der Waals surface area contributed by atoms with E-state index >= 15 is 0 Å². The summed E-state index contributed by atoms with van der Waals surface area (Å²) in [5.41, 5.74) is 1.52. The van der Waals surface area contributed by atoms with Gasteiger partial charge in [-0.05, 0) is 26.0 Å². The highest BCUT2D eigenvalue weighted by atomic mass is 16.5. The number of aromatic nitrogens is 2.